The van der Waals surface area contributed by atoms with Gasteiger partial charge in [0.15, 0.2) is 0 Å². The molecule has 1 amide bonds. The molecular weight excluding hydrogens is 514 g/mol. The van der Waals surface area contributed by atoms with Crippen molar-refractivity contribution in [2.75, 3.05) is 13.6 Å². The van der Waals surface area contributed by atoms with Crippen molar-refractivity contribution in [3.05, 3.63) is 125 Å². The van der Waals surface area contributed by atoms with Crippen LogP contribution < -0.4 is 15.5 Å². The molecule has 0 unspecified atom stereocenters. The van der Waals surface area contributed by atoms with Crippen molar-refractivity contribution in [1.82, 2.24) is 9.88 Å². The molecule has 0 radical (unpaired) electrons. The summed E-state index contributed by atoms with van der Waals surface area (Å²) >= 11 is 5.89. The lowest BCUT2D eigenvalue weighted by molar-refractivity contribution is -0.137. The molecular formula is C31H30ClN3O4. The summed E-state index contributed by atoms with van der Waals surface area (Å²) in [6.07, 6.45) is 4.54. The van der Waals surface area contributed by atoms with Crippen molar-refractivity contribution >= 4 is 29.7 Å². The van der Waals surface area contributed by atoms with Crippen LogP contribution in [-0.4, -0.2) is 35.1 Å². The van der Waals surface area contributed by atoms with Gasteiger partial charge < -0.3 is 19.7 Å². The quantitative estimate of drug-likeness (QED) is 0.284. The molecule has 7 nitrogen and oxygen atoms in total. The zero-order valence-electron chi connectivity index (χ0n) is 21.8. The van der Waals surface area contributed by atoms with E-state index in [1.165, 1.54) is 23.4 Å². The van der Waals surface area contributed by atoms with Crippen LogP contribution in [0.4, 0.5) is 0 Å². The van der Waals surface area contributed by atoms with Crippen molar-refractivity contribution in [1.29, 1.82) is 0 Å². The third-order valence-corrected chi connectivity index (χ3v) is 5.69. The highest BCUT2D eigenvalue weighted by Crippen LogP contribution is 2.20. The number of hydrogen-bond donors (Lipinski definition) is 2. The number of pyridine rings is 1. The van der Waals surface area contributed by atoms with E-state index in [4.69, 9.17) is 21.4 Å². The highest BCUT2D eigenvalue weighted by atomic mass is 35.5. The third kappa shape index (κ3) is 9.98. The third-order valence-electron chi connectivity index (χ3n) is 5.44. The number of nitrogens with zero attached hydrogens (tertiary/aromatic N) is 2. The average molecular weight is 544 g/mol. The minimum atomic E-state index is -1.10. The van der Waals surface area contributed by atoms with Crippen molar-refractivity contribution in [2.45, 2.75) is 13.5 Å². The summed E-state index contributed by atoms with van der Waals surface area (Å²) in [5.74, 6) is -0.667. The van der Waals surface area contributed by atoms with E-state index in [0.29, 0.717) is 17.1 Å². The van der Waals surface area contributed by atoms with E-state index in [2.05, 4.69) is 41.5 Å². The van der Waals surface area contributed by atoms with E-state index in [9.17, 15) is 9.59 Å². The Hall–Kier alpha value is -4.62. The number of aryl methyl sites for hydroxylation is 1. The molecule has 200 valence electrons. The first-order chi connectivity index (χ1) is 18.8. The van der Waals surface area contributed by atoms with Crippen LogP contribution in [0.25, 0.3) is 17.3 Å². The van der Waals surface area contributed by atoms with Gasteiger partial charge in [-0.1, -0.05) is 71.8 Å². The highest BCUT2D eigenvalue weighted by molar-refractivity contribution is 6.30. The van der Waals surface area contributed by atoms with E-state index >= 15 is 0 Å². The van der Waals surface area contributed by atoms with Gasteiger partial charge in [0.25, 0.3) is 0 Å². The molecule has 0 bridgehead atoms. The molecule has 0 atom stereocenters. The average Bonchev–Trinajstić information content (AvgIpc) is 2.96. The second-order valence-electron chi connectivity index (χ2n) is 8.43. The van der Waals surface area contributed by atoms with Gasteiger partial charge in [-0.3, -0.25) is 14.6 Å². The van der Waals surface area contributed by atoms with Crippen LogP contribution in [0.3, 0.4) is 0 Å². The standard InChI is InChI=1S/C17H16ClN3O3.C14H14O/c1-19-15-10-13(12-2-4-14(18)5-3-12)6-8-21(15)9-7-16(22)20-11-17(23)24;1-12-7-9-14(10-8-12)15-11-13-5-3-2-4-6-13/h2-10H,11H2,1H3,(H,20,22)(H,23,24);2-10H,11H2,1H3/b9-7+,19-15?;. The summed E-state index contributed by atoms with van der Waals surface area (Å²) in [4.78, 5) is 26.1. The van der Waals surface area contributed by atoms with Crippen LogP contribution in [0.1, 0.15) is 11.1 Å². The molecule has 0 saturated heterocycles. The number of halogens is 1. The Morgan fingerprint density at radius 3 is 2.31 bits per heavy atom. The summed E-state index contributed by atoms with van der Waals surface area (Å²) < 4.78 is 7.31. The number of carbonyl (C=O) groups excluding carboxylic acids is 1. The maximum Gasteiger partial charge on any atom is 0.322 e. The Bertz CT molecular complexity index is 1460. The number of aromatic nitrogens is 1. The van der Waals surface area contributed by atoms with Gasteiger partial charge in [-0.15, -0.1) is 0 Å². The van der Waals surface area contributed by atoms with E-state index < -0.39 is 18.4 Å². The summed E-state index contributed by atoms with van der Waals surface area (Å²) in [6.45, 7) is 2.28. The fraction of sp³-hybridized carbons (Fsp3) is 0.129. The Morgan fingerprint density at radius 2 is 1.67 bits per heavy atom. The maximum absolute atomic E-state index is 11.5. The Balaban J connectivity index is 0.000000239. The van der Waals surface area contributed by atoms with Gasteiger partial charge in [-0.25, -0.2) is 0 Å². The largest absolute Gasteiger partial charge is 0.489 e. The number of hydrogen-bond acceptors (Lipinski definition) is 4. The predicted octanol–water partition coefficient (Wildman–Crippen LogP) is 5.58. The van der Waals surface area contributed by atoms with Crippen LogP contribution in [0.15, 0.2) is 108 Å². The first kappa shape index (κ1) is 28.9. The van der Waals surface area contributed by atoms with Crippen molar-refractivity contribution < 1.29 is 19.4 Å². The van der Waals surface area contributed by atoms with Crippen molar-refractivity contribution in [3.8, 4) is 16.9 Å². The fourth-order valence-electron chi connectivity index (χ4n) is 3.37. The molecule has 4 aromatic rings. The summed E-state index contributed by atoms with van der Waals surface area (Å²) in [7, 11) is 1.65. The predicted molar refractivity (Wildman–Crippen MR) is 154 cm³/mol. The van der Waals surface area contributed by atoms with Crippen molar-refractivity contribution in [2.24, 2.45) is 4.99 Å². The minimum absolute atomic E-state index is 0.422. The smallest absolute Gasteiger partial charge is 0.322 e. The first-order valence-electron chi connectivity index (χ1n) is 12.2. The number of rotatable bonds is 8. The topological polar surface area (TPSA) is 92.9 Å². The number of carbonyl (C=O) groups is 2. The lowest BCUT2D eigenvalue weighted by Crippen LogP contribution is -2.27. The van der Waals surface area contributed by atoms with Crippen LogP contribution in [0, 0.1) is 6.92 Å². The number of carboxylic acids is 1. The van der Waals surface area contributed by atoms with Crippen LogP contribution in [0.2, 0.25) is 5.02 Å². The van der Waals surface area contributed by atoms with Gasteiger partial charge in [-0.05, 0) is 60.0 Å². The Labute approximate surface area is 232 Å². The van der Waals surface area contributed by atoms with Crippen molar-refractivity contribution in [3.63, 3.8) is 0 Å². The zero-order valence-corrected chi connectivity index (χ0v) is 22.5. The summed E-state index contributed by atoms with van der Waals surface area (Å²) in [5.41, 5.74) is 5.05. The molecule has 0 aliphatic rings. The van der Waals surface area contributed by atoms with Gasteiger partial charge in [0.1, 0.15) is 24.4 Å². The van der Waals surface area contributed by atoms with E-state index in [-0.39, 0.29) is 0 Å². The molecule has 0 fully saturated rings. The van der Waals surface area contributed by atoms with E-state index in [0.717, 1.165) is 16.9 Å². The van der Waals surface area contributed by atoms with Gasteiger partial charge >= 0.3 is 5.97 Å². The van der Waals surface area contributed by atoms with Gasteiger partial charge in [0.05, 0.1) is 0 Å². The first-order valence-corrected chi connectivity index (χ1v) is 12.5. The monoisotopic (exact) mass is 543 g/mol. The number of benzene rings is 3. The molecule has 8 heteroatoms. The maximum atomic E-state index is 11.5. The van der Waals surface area contributed by atoms with Crippen LogP contribution >= 0.6 is 11.6 Å². The second-order valence-corrected chi connectivity index (χ2v) is 8.86. The lowest BCUT2D eigenvalue weighted by Gasteiger charge is -2.06. The SMILES string of the molecule is CN=c1cc(-c2ccc(Cl)cc2)ccn1/C=C/C(=O)NCC(=O)O.Cc1ccc(OCc2ccccc2)cc1. The van der Waals surface area contributed by atoms with Gasteiger partial charge in [0.2, 0.25) is 5.91 Å². The minimum Gasteiger partial charge on any atom is -0.489 e. The molecule has 1 aromatic heterocycles. The molecule has 1 heterocycles. The Kier molecular flexibility index (Phi) is 11.1. The van der Waals surface area contributed by atoms with Crippen LogP contribution in [0.5, 0.6) is 5.75 Å². The molecule has 0 aliphatic carbocycles. The fourth-order valence-corrected chi connectivity index (χ4v) is 3.50. The van der Waals surface area contributed by atoms with Gasteiger partial charge in [-0.2, -0.15) is 0 Å². The number of aliphatic carboxylic acids is 1. The normalized spacial score (nSPS) is 11.0. The molecule has 39 heavy (non-hydrogen) atoms. The zero-order chi connectivity index (χ0) is 28.0. The van der Waals surface area contributed by atoms with Gasteiger partial charge in [0, 0.05) is 30.5 Å². The number of carboxylic acid groups (broad SMARTS) is 1. The lowest BCUT2D eigenvalue weighted by atomic mass is 10.1. The highest BCUT2D eigenvalue weighted by Gasteiger charge is 2.02. The molecule has 0 spiro atoms. The summed E-state index contributed by atoms with van der Waals surface area (Å²) in [6, 6.07) is 29.5. The molecule has 3 aromatic carbocycles. The van der Waals surface area contributed by atoms with E-state index in [1.807, 2.05) is 66.7 Å². The van der Waals surface area contributed by atoms with E-state index in [1.54, 1.807) is 17.8 Å². The molecule has 4 rings (SSSR count). The molecule has 0 saturated carbocycles. The Morgan fingerprint density at radius 1 is 0.974 bits per heavy atom. The van der Waals surface area contributed by atoms with Crippen LogP contribution in [-0.2, 0) is 16.2 Å². The second kappa shape index (κ2) is 15.0. The number of nitrogens with one attached hydrogen (secondary N) is 1. The molecule has 0 aliphatic heterocycles. The summed E-state index contributed by atoms with van der Waals surface area (Å²) in [5, 5.41) is 11.4. The number of amides is 1. The molecule has 2 N–H and O–H groups in total. The number of ether oxygens (including phenoxy) is 1.